The molecule has 4 rings (SSSR count). The van der Waals surface area contributed by atoms with Crippen molar-refractivity contribution in [3.63, 3.8) is 0 Å². The van der Waals surface area contributed by atoms with Gasteiger partial charge in [0, 0.05) is 132 Å². The maximum absolute atomic E-state index is 14.1. The number of rotatable bonds is 65. The number of nitrogens with one attached hydrogen (secondary N) is 4. The Bertz CT molecular complexity index is 2530. The van der Waals surface area contributed by atoms with E-state index >= 15 is 0 Å². The van der Waals surface area contributed by atoms with Crippen LogP contribution in [0.2, 0.25) is 0 Å². The normalized spacial score (nSPS) is 25.9. The van der Waals surface area contributed by atoms with Gasteiger partial charge in [-0.25, -0.2) is 4.79 Å². The molecule has 4 saturated heterocycles. The van der Waals surface area contributed by atoms with Crippen LogP contribution in [-0.2, 0) is 81.0 Å². The smallest absolute Gasteiger partial charge is 0.407 e. The number of ketones is 2. The standard InChI is InChI=1S/C83H147N5O28/c1-5-61-51-60(53-89)52-88(61)70(98)34-19-18-30-63(94)37-38-69(97)87-83(39-26-48-108-71(99)35-16-10-7-12-20-42-84-67(95)32-24-46-111-80-58(3)74(102)77(105)65(55-91)115-80,40-27-49-109-72(100)36-17-11-8-13-21-43-85-68(96)33-25-47-112-81-59(4)75(103)78(106)66(56-92)116-81)41-28-50-113-82(107)86-44-22-14-6-9-15-29-62(93)31-23-45-110-79-57(2)73(101)76(104)64(54-90)114-79/h57-61,64-66,73-81,89-92,101-106H,5-56H2,1-4H3,(H,84,95)(H,85,96)(H,86,107)(H,87,97)/t57?,58?,59?,60-,61-,64?,65?,66?,73?,74?,75?,76?,77?,78?,79?,80?,81?,83?/m0/s1. The van der Waals surface area contributed by atoms with Gasteiger partial charge < -0.3 is 120 Å². The summed E-state index contributed by atoms with van der Waals surface area (Å²) in [5.41, 5.74) is -0.982. The van der Waals surface area contributed by atoms with Gasteiger partial charge in [0.05, 0.1) is 77.8 Å². The summed E-state index contributed by atoms with van der Waals surface area (Å²) in [4.78, 5) is 119. The summed E-state index contributed by atoms with van der Waals surface area (Å²) in [5.74, 6) is -2.98. The van der Waals surface area contributed by atoms with Crippen LogP contribution in [-0.4, -0.2) is 287 Å². The van der Waals surface area contributed by atoms with Crippen molar-refractivity contribution in [2.75, 3.05) is 92.2 Å². The Hall–Kier alpha value is -5.21. The second-order valence-corrected chi connectivity index (χ2v) is 32.2. The number of ether oxygens (including phenoxy) is 9. The van der Waals surface area contributed by atoms with Crippen LogP contribution in [0.25, 0.3) is 0 Å². The lowest BCUT2D eigenvalue weighted by Crippen LogP contribution is -2.55. The van der Waals surface area contributed by atoms with Crippen molar-refractivity contribution in [1.29, 1.82) is 0 Å². The Morgan fingerprint density at radius 2 is 0.741 bits per heavy atom. The first-order chi connectivity index (χ1) is 55.8. The van der Waals surface area contributed by atoms with Crippen LogP contribution in [0.1, 0.15) is 272 Å². The molecule has 14 N–H and O–H groups in total. The maximum Gasteiger partial charge on any atom is 0.407 e. The molecule has 5 amide bonds. The van der Waals surface area contributed by atoms with Crippen molar-refractivity contribution >= 4 is 53.2 Å². The third-order valence-electron chi connectivity index (χ3n) is 22.6. The van der Waals surface area contributed by atoms with E-state index in [1.807, 2.05) is 11.8 Å². The highest BCUT2D eigenvalue weighted by atomic mass is 16.7. The zero-order chi connectivity index (χ0) is 85.1. The number of hydrogen-bond acceptors (Lipinski definition) is 28. The lowest BCUT2D eigenvalue weighted by Gasteiger charge is -2.40. The van der Waals surface area contributed by atoms with Crippen LogP contribution in [0.4, 0.5) is 4.79 Å². The Kier molecular flexibility index (Phi) is 53.6. The molecule has 4 heterocycles. The van der Waals surface area contributed by atoms with Gasteiger partial charge in [-0.3, -0.25) is 38.4 Å². The third kappa shape index (κ3) is 40.9. The van der Waals surface area contributed by atoms with Gasteiger partial charge in [0.15, 0.2) is 18.9 Å². The molecule has 4 aliphatic rings. The van der Waals surface area contributed by atoms with Crippen molar-refractivity contribution in [3.8, 4) is 0 Å². The quantitative estimate of drug-likeness (QED) is 0.0217. The number of Topliss-reactive ketones (excluding diaryl/α,β-unsaturated/α-hetero) is 2. The summed E-state index contributed by atoms with van der Waals surface area (Å²) in [6.45, 7) is 8.15. The van der Waals surface area contributed by atoms with Crippen LogP contribution < -0.4 is 21.3 Å². The van der Waals surface area contributed by atoms with Crippen molar-refractivity contribution in [1.82, 2.24) is 26.2 Å². The number of hydrogen-bond donors (Lipinski definition) is 14. The summed E-state index contributed by atoms with van der Waals surface area (Å²) in [7, 11) is 0. The lowest BCUT2D eigenvalue weighted by atomic mass is 9.83. The largest absolute Gasteiger partial charge is 0.466 e. The molecule has 33 heteroatoms. The molecule has 4 aliphatic heterocycles. The lowest BCUT2D eigenvalue weighted by molar-refractivity contribution is -0.282. The number of carbonyl (C=O) groups excluding carboxylic acids is 9. The van der Waals surface area contributed by atoms with Crippen molar-refractivity contribution in [2.24, 2.45) is 23.7 Å². The van der Waals surface area contributed by atoms with E-state index in [0.717, 1.165) is 83.5 Å². The maximum atomic E-state index is 14.1. The molecule has 0 bridgehead atoms. The Labute approximate surface area is 686 Å². The fourth-order valence-electron chi connectivity index (χ4n) is 15.2. The van der Waals surface area contributed by atoms with Crippen molar-refractivity contribution in [2.45, 2.75) is 357 Å². The molecule has 0 aromatic carbocycles. The van der Waals surface area contributed by atoms with Crippen LogP contribution in [0.3, 0.4) is 0 Å². The van der Waals surface area contributed by atoms with E-state index in [0.29, 0.717) is 135 Å². The molecule has 0 spiro atoms. The first-order valence-corrected chi connectivity index (χ1v) is 43.5. The van der Waals surface area contributed by atoms with Gasteiger partial charge in [-0.05, 0) is 122 Å². The monoisotopic (exact) mass is 1660 g/mol. The molecule has 0 aliphatic carbocycles. The number of amides is 5. The van der Waals surface area contributed by atoms with E-state index in [-0.39, 0.29) is 151 Å². The summed E-state index contributed by atoms with van der Waals surface area (Å²) < 4.78 is 51.0. The minimum atomic E-state index is -1.23. The van der Waals surface area contributed by atoms with Crippen LogP contribution >= 0.6 is 0 Å². The highest BCUT2D eigenvalue weighted by molar-refractivity contribution is 5.85. The van der Waals surface area contributed by atoms with E-state index in [4.69, 9.17) is 42.6 Å². The summed E-state index contributed by atoms with van der Waals surface area (Å²) in [6, 6.07) is 0.0827. The van der Waals surface area contributed by atoms with Crippen LogP contribution in [0, 0.1) is 23.7 Å². The number of carbonyl (C=O) groups is 9. The molecule has 116 heavy (non-hydrogen) atoms. The van der Waals surface area contributed by atoms with Gasteiger partial charge >= 0.3 is 18.0 Å². The van der Waals surface area contributed by atoms with Gasteiger partial charge in [0.25, 0.3) is 0 Å². The molecule has 672 valence electrons. The van der Waals surface area contributed by atoms with Crippen LogP contribution in [0.15, 0.2) is 0 Å². The summed E-state index contributed by atoms with van der Waals surface area (Å²) in [5, 5.41) is 111. The SMILES string of the molecule is CC[C@H]1C[C@H](CO)CN1C(=O)CCCCC(=O)CCC(=O)NC(CCCOC(=O)CCCCCCCNC(=O)CCCOC1OC(CO)C(O)C(O)C1C)(CCCOC(=O)CCCCCCCNC(=O)CCCOC1OC(CO)C(O)C(O)C1C)CCCOC(=O)NCCCCCCCC(=O)CCCOC1OC(CO)C(O)C(O)C1C. The molecule has 0 aromatic heterocycles. The van der Waals surface area contributed by atoms with Gasteiger partial charge in [-0.15, -0.1) is 0 Å². The molecule has 4 fully saturated rings. The Morgan fingerprint density at radius 3 is 1.16 bits per heavy atom. The predicted octanol–water partition coefficient (Wildman–Crippen LogP) is 4.96. The average Bonchev–Trinajstić information content (AvgIpc) is 1.16. The zero-order valence-corrected chi connectivity index (χ0v) is 69.9. The Balaban J connectivity index is 1.25. The average molecular weight is 1660 g/mol. The summed E-state index contributed by atoms with van der Waals surface area (Å²) >= 11 is 0. The van der Waals surface area contributed by atoms with E-state index in [2.05, 4.69) is 21.3 Å². The number of aliphatic hydroxyl groups is 10. The van der Waals surface area contributed by atoms with Gasteiger partial charge in [-0.2, -0.15) is 0 Å². The number of nitrogens with zero attached hydrogens (tertiary/aromatic N) is 1. The Morgan fingerprint density at radius 1 is 0.379 bits per heavy atom. The third-order valence-corrected chi connectivity index (χ3v) is 22.6. The molecule has 33 nitrogen and oxygen atoms in total. The van der Waals surface area contributed by atoms with E-state index in [1.54, 1.807) is 20.8 Å². The molecular formula is C83H147N5O28. The van der Waals surface area contributed by atoms with Crippen molar-refractivity contribution in [3.05, 3.63) is 0 Å². The fraction of sp³-hybridized carbons (Fsp3) is 0.892. The topological polar surface area (TPSA) is 490 Å². The summed E-state index contributed by atoms with van der Waals surface area (Å²) in [6.07, 6.45) is 5.87. The zero-order valence-electron chi connectivity index (χ0n) is 69.9. The fourth-order valence-corrected chi connectivity index (χ4v) is 15.2. The minimum Gasteiger partial charge on any atom is -0.466 e. The predicted molar refractivity (Wildman–Crippen MR) is 424 cm³/mol. The van der Waals surface area contributed by atoms with E-state index in [1.165, 1.54) is 0 Å². The first-order valence-electron chi connectivity index (χ1n) is 43.5. The second kappa shape index (κ2) is 60.3. The van der Waals surface area contributed by atoms with Crippen LogP contribution in [0.5, 0.6) is 0 Å². The van der Waals surface area contributed by atoms with Crippen molar-refractivity contribution < 1.29 is 137 Å². The number of unbranched alkanes of at least 4 members (excludes halogenated alkanes) is 13. The highest BCUT2D eigenvalue weighted by Gasteiger charge is 2.45. The first kappa shape index (κ1) is 103. The van der Waals surface area contributed by atoms with Gasteiger partial charge in [0.1, 0.15) is 48.2 Å². The number of aliphatic hydroxyl groups excluding tert-OH is 10. The van der Waals surface area contributed by atoms with E-state index < -0.39 is 129 Å². The van der Waals surface area contributed by atoms with Gasteiger partial charge in [0.2, 0.25) is 23.6 Å². The van der Waals surface area contributed by atoms with E-state index in [9.17, 15) is 94.2 Å². The second-order valence-electron chi connectivity index (χ2n) is 32.2. The minimum absolute atomic E-state index is 0.00473. The molecule has 15 unspecified atom stereocenters. The number of alkyl carbamates (subject to hydrolysis) is 1. The number of esters is 2. The molecule has 0 saturated carbocycles. The molecule has 0 radical (unpaired) electrons. The molecule has 0 aromatic rings. The molecular weight excluding hydrogens is 1510 g/mol. The van der Waals surface area contributed by atoms with Gasteiger partial charge in [-0.1, -0.05) is 85.5 Å². The molecule has 17 atom stereocenters. The highest BCUT2D eigenvalue weighted by Crippen LogP contribution is 2.32. The number of likely N-dealkylation sites (tertiary alicyclic amines) is 1.